The Balaban J connectivity index is 2.35. The predicted octanol–water partition coefficient (Wildman–Crippen LogP) is 1.32. The van der Waals surface area contributed by atoms with Crippen LogP contribution in [0.1, 0.15) is 18.6 Å². The first-order chi connectivity index (χ1) is 7.02. The highest BCUT2D eigenvalue weighted by atomic mass is 32.2. The first-order valence-corrected chi connectivity index (χ1v) is 6.10. The van der Waals surface area contributed by atoms with Gasteiger partial charge >= 0.3 is 10.3 Å². The lowest BCUT2D eigenvalue weighted by Gasteiger charge is -2.14. The molecule has 1 saturated heterocycles. The number of hydrogen-bond donors (Lipinski definition) is 0. The van der Waals surface area contributed by atoms with Crippen LogP contribution < -0.4 is 0 Å². The summed E-state index contributed by atoms with van der Waals surface area (Å²) in [5, 5.41) is 0. The second kappa shape index (κ2) is 3.59. The molecule has 2 atom stereocenters. The van der Waals surface area contributed by atoms with Crippen molar-refractivity contribution in [3.05, 3.63) is 35.9 Å². The Morgan fingerprint density at radius 1 is 1.27 bits per heavy atom. The summed E-state index contributed by atoms with van der Waals surface area (Å²) in [5.41, 5.74) is 0.887. The lowest BCUT2D eigenvalue weighted by atomic mass is 10.0. The maximum atomic E-state index is 11.5. The number of likely N-dealkylation sites (N-methyl/N-ethyl adjacent to an activating group) is 1. The SMILES string of the molecule is C[C@H]1[C@@H](c2ccccc2)OS(=O)(=O)N1C. The third-order valence-electron chi connectivity index (χ3n) is 2.72. The molecule has 0 amide bonds. The quantitative estimate of drug-likeness (QED) is 0.727. The molecule has 0 unspecified atom stereocenters. The van der Waals surface area contributed by atoms with E-state index in [4.69, 9.17) is 4.18 Å². The highest BCUT2D eigenvalue weighted by Gasteiger charge is 2.41. The fraction of sp³-hybridized carbons (Fsp3) is 0.400. The van der Waals surface area contributed by atoms with Gasteiger partial charge in [0.25, 0.3) is 0 Å². The molecule has 1 aliphatic rings. The van der Waals surface area contributed by atoms with Crippen LogP contribution in [0.5, 0.6) is 0 Å². The third kappa shape index (κ3) is 1.78. The molecule has 0 aromatic heterocycles. The van der Waals surface area contributed by atoms with E-state index in [9.17, 15) is 8.42 Å². The molecule has 2 rings (SSSR count). The van der Waals surface area contributed by atoms with Crippen molar-refractivity contribution in [2.75, 3.05) is 7.05 Å². The number of benzene rings is 1. The maximum absolute atomic E-state index is 11.5. The van der Waals surface area contributed by atoms with Gasteiger partial charge in [0.2, 0.25) is 0 Å². The fourth-order valence-electron chi connectivity index (χ4n) is 1.65. The van der Waals surface area contributed by atoms with Crippen LogP contribution >= 0.6 is 0 Å². The zero-order valence-electron chi connectivity index (χ0n) is 8.62. The van der Waals surface area contributed by atoms with Gasteiger partial charge in [0.15, 0.2) is 0 Å². The smallest absolute Gasteiger partial charge is 0.248 e. The molecule has 0 bridgehead atoms. The molecule has 5 heteroatoms. The van der Waals surface area contributed by atoms with Crippen molar-refractivity contribution >= 4 is 10.3 Å². The Morgan fingerprint density at radius 2 is 1.87 bits per heavy atom. The van der Waals surface area contributed by atoms with E-state index < -0.39 is 16.4 Å². The average Bonchev–Trinajstić information content (AvgIpc) is 2.44. The first kappa shape index (κ1) is 10.6. The van der Waals surface area contributed by atoms with Crippen LogP contribution in [0, 0.1) is 0 Å². The summed E-state index contributed by atoms with van der Waals surface area (Å²) in [6.45, 7) is 1.84. The van der Waals surface area contributed by atoms with Crippen LogP contribution in [0.25, 0.3) is 0 Å². The molecule has 0 N–H and O–H groups in total. The molecule has 0 spiro atoms. The van der Waals surface area contributed by atoms with Gasteiger partial charge in [-0.05, 0) is 12.5 Å². The van der Waals surface area contributed by atoms with Crippen molar-refractivity contribution in [1.82, 2.24) is 4.31 Å². The zero-order valence-corrected chi connectivity index (χ0v) is 9.44. The summed E-state index contributed by atoms with van der Waals surface area (Å²) >= 11 is 0. The van der Waals surface area contributed by atoms with E-state index >= 15 is 0 Å². The Kier molecular flexibility index (Phi) is 2.54. The Hall–Kier alpha value is -0.910. The van der Waals surface area contributed by atoms with Crippen LogP contribution in [0.4, 0.5) is 0 Å². The van der Waals surface area contributed by atoms with Gasteiger partial charge in [-0.1, -0.05) is 30.3 Å². The molecule has 1 fully saturated rings. The third-order valence-corrected chi connectivity index (χ3v) is 4.21. The van der Waals surface area contributed by atoms with Crippen molar-refractivity contribution in [1.29, 1.82) is 0 Å². The van der Waals surface area contributed by atoms with E-state index in [1.54, 1.807) is 0 Å². The molecule has 1 aromatic rings. The molecule has 0 radical (unpaired) electrons. The van der Waals surface area contributed by atoms with Crippen LogP contribution in [0.15, 0.2) is 30.3 Å². The molecular formula is C10H13NO3S. The fourth-order valence-corrected chi connectivity index (χ4v) is 2.84. The molecule has 4 nitrogen and oxygen atoms in total. The minimum atomic E-state index is -3.54. The number of rotatable bonds is 1. The molecule has 1 aliphatic heterocycles. The highest BCUT2D eigenvalue weighted by Crippen LogP contribution is 2.34. The van der Waals surface area contributed by atoms with Gasteiger partial charge in [-0.25, -0.2) is 4.18 Å². The van der Waals surface area contributed by atoms with Crippen molar-refractivity contribution in [3.63, 3.8) is 0 Å². The summed E-state index contributed by atoms with van der Waals surface area (Å²) in [7, 11) is -2.01. The maximum Gasteiger partial charge on any atom is 0.339 e. The summed E-state index contributed by atoms with van der Waals surface area (Å²) in [6, 6.07) is 9.21. The summed E-state index contributed by atoms with van der Waals surface area (Å²) < 4.78 is 29.2. The largest absolute Gasteiger partial charge is 0.339 e. The Morgan fingerprint density at radius 3 is 2.33 bits per heavy atom. The Bertz CT molecular complexity index is 443. The lowest BCUT2D eigenvalue weighted by Crippen LogP contribution is -2.28. The van der Waals surface area contributed by atoms with E-state index in [1.807, 2.05) is 37.3 Å². The summed E-state index contributed by atoms with van der Waals surface area (Å²) in [6.07, 6.45) is -0.402. The normalized spacial score (nSPS) is 30.5. The van der Waals surface area contributed by atoms with E-state index in [0.717, 1.165) is 5.56 Å². The van der Waals surface area contributed by atoms with Gasteiger partial charge < -0.3 is 0 Å². The van der Waals surface area contributed by atoms with Crippen molar-refractivity contribution in [2.45, 2.75) is 19.1 Å². The number of hydrogen-bond acceptors (Lipinski definition) is 3. The van der Waals surface area contributed by atoms with Crippen LogP contribution in [0.3, 0.4) is 0 Å². The van der Waals surface area contributed by atoms with Gasteiger partial charge in [0, 0.05) is 7.05 Å². The number of nitrogens with zero attached hydrogens (tertiary/aromatic N) is 1. The van der Waals surface area contributed by atoms with Crippen LogP contribution in [-0.2, 0) is 14.5 Å². The molecule has 15 heavy (non-hydrogen) atoms. The summed E-state index contributed by atoms with van der Waals surface area (Å²) in [4.78, 5) is 0. The molecule has 1 aromatic carbocycles. The van der Waals surface area contributed by atoms with Gasteiger partial charge in [-0.15, -0.1) is 0 Å². The van der Waals surface area contributed by atoms with E-state index in [1.165, 1.54) is 11.4 Å². The van der Waals surface area contributed by atoms with Crippen LogP contribution in [0.2, 0.25) is 0 Å². The highest BCUT2D eigenvalue weighted by molar-refractivity contribution is 7.84. The minimum absolute atomic E-state index is 0.169. The monoisotopic (exact) mass is 227 g/mol. The zero-order chi connectivity index (χ0) is 11.1. The van der Waals surface area contributed by atoms with Crippen molar-refractivity contribution < 1.29 is 12.6 Å². The second-order valence-corrected chi connectivity index (χ2v) is 5.27. The molecule has 1 heterocycles. The molecule has 82 valence electrons. The van der Waals surface area contributed by atoms with E-state index in [0.29, 0.717) is 0 Å². The van der Waals surface area contributed by atoms with Crippen LogP contribution in [-0.4, -0.2) is 25.8 Å². The lowest BCUT2D eigenvalue weighted by molar-refractivity contribution is 0.212. The van der Waals surface area contributed by atoms with Gasteiger partial charge in [-0.3, -0.25) is 0 Å². The first-order valence-electron chi connectivity index (χ1n) is 4.73. The van der Waals surface area contributed by atoms with Crippen molar-refractivity contribution in [2.24, 2.45) is 0 Å². The van der Waals surface area contributed by atoms with Gasteiger partial charge in [0.1, 0.15) is 6.10 Å². The molecule has 0 saturated carbocycles. The average molecular weight is 227 g/mol. The van der Waals surface area contributed by atoms with Gasteiger partial charge in [0.05, 0.1) is 6.04 Å². The van der Waals surface area contributed by atoms with Gasteiger partial charge in [-0.2, -0.15) is 12.7 Å². The topological polar surface area (TPSA) is 46.6 Å². The molecule has 0 aliphatic carbocycles. The summed E-state index contributed by atoms with van der Waals surface area (Å²) in [5.74, 6) is 0. The minimum Gasteiger partial charge on any atom is -0.248 e. The van der Waals surface area contributed by atoms with Crippen molar-refractivity contribution in [3.8, 4) is 0 Å². The van der Waals surface area contributed by atoms with E-state index in [2.05, 4.69) is 0 Å². The second-order valence-electron chi connectivity index (χ2n) is 3.64. The van der Waals surface area contributed by atoms with E-state index in [-0.39, 0.29) is 6.04 Å². The standard InChI is InChI=1S/C10H13NO3S/c1-8-10(9-6-4-3-5-7-9)14-15(12,13)11(8)2/h3-8,10H,1-2H3/t8-,10-/m0/s1. The molecular weight excluding hydrogens is 214 g/mol. The predicted molar refractivity (Wildman–Crippen MR) is 56.4 cm³/mol. The Labute approximate surface area is 89.7 Å².